The number of hydrogen-bond acceptors (Lipinski definition) is 2. The van der Waals surface area contributed by atoms with E-state index in [4.69, 9.17) is 11.6 Å². The van der Waals surface area contributed by atoms with Crippen molar-refractivity contribution in [3.8, 4) is 0 Å². The van der Waals surface area contributed by atoms with Crippen molar-refractivity contribution in [2.24, 2.45) is 0 Å². The molecule has 0 amide bonds. The molecule has 1 unspecified atom stereocenters. The molecule has 0 aliphatic rings. The van der Waals surface area contributed by atoms with Crippen LogP contribution in [0.15, 0.2) is 23.1 Å². The maximum absolute atomic E-state index is 9.38. The fraction of sp³-hybridized carbons (Fsp3) is 0.455. The van der Waals surface area contributed by atoms with Gasteiger partial charge < -0.3 is 5.11 Å². The fourth-order valence-corrected chi connectivity index (χ4v) is 2.36. The highest BCUT2D eigenvalue weighted by molar-refractivity contribution is 7.99. The molecule has 0 aliphatic heterocycles. The Bertz CT molecular complexity index is 299. The molecule has 0 saturated carbocycles. The summed E-state index contributed by atoms with van der Waals surface area (Å²) in [4.78, 5) is 1.17. The van der Waals surface area contributed by atoms with E-state index in [0.29, 0.717) is 5.02 Å². The molecule has 0 aliphatic carbocycles. The molecule has 1 atom stereocenters. The van der Waals surface area contributed by atoms with Crippen LogP contribution in [-0.4, -0.2) is 10.9 Å². The average Bonchev–Trinajstić information content (AvgIpc) is 2.14. The lowest BCUT2D eigenvalue weighted by atomic mass is 10.1. The van der Waals surface area contributed by atoms with Gasteiger partial charge in [0.25, 0.3) is 0 Å². The monoisotopic (exact) mass is 230 g/mol. The van der Waals surface area contributed by atoms with E-state index in [1.165, 1.54) is 4.90 Å². The van der Waals surface area contributed by atoms with E-state index in [2.05, 4.69) is 6.92 Å². The Hall–Kier alpha value is -0.180. The summed E-state index contributed by atoms with van der Waals surface area (Å²) in [5, 5.41) is 10.0. The van der Waals surface area contributed by atoms with E-state index in [0.717, 1.165) is 17.7 Å². The summed E-state index contributed by atoms with van der Waals surface area (Å²) in [5.74, 6) is 1.10. The first-order valence-corrected chi connectivity index (χ1v) is 6.11. The topological polar surface area (TPSA) is 20.2 Å². The first-order valence-electron chi connectivity index (χ1n) is 4.75. The minimum atomic E-state index is -0.493. The Morgan fingerprint density at radius 1 is 1.50 bits per heavy atom. The van der Waals surface area contributed by atoms with Gasteiger partial charge in [-0.05, 0) is 36.8 Å². The standard InChI is InChI=1S/C11H15ClOS/c1-3-6-14-9-4-5-10(8(2)13)11(12)7-9/h4-5,7-8,13H,3,6H2,1-2H3. The highest BCUT2D eigenvalue weighted by Crippen LogP contribution is 2.28. The minimum absolute atomic E-state index is 0.493. The van der Waals surface area contributed by atoms with Gasteiger partial charge >= 0.3 is 0 Å². The number of benzene rings is 1. The van der Waals surface area contributed by atoms with Crippen LogP contribution in [0.4, 0.5) is 0 Å². The molecule has 1 aromatic rings. The normalized spacial score (nSPS) is 12.9. The zero-order valence-corrected chi connectivity index (χ0v) is 10.0. The van der Waals surface area contributed by atoms with E-state index in [1.807, 2.05) is 18.2 Å². The van der Waals surface area contributed by atoms with E-state index >= 15 is 0 Å². The molecule has 0 radical (unpaired) electrons. The van der Waals surface area contributed by atoms with Crippen molar-refractivity contribution in [1.82, 2.24) is 0 Å². The van der Waals surface area contributed by atoms with Crippen molar-refractivity contribution in [2.45, 2.75) is 31.3 Å². The molecule has 3 heteroatoms. The van der Waals surface area contributed by atoms with E-state index in [-0.39, 0.29) is 0 Å². The molecule has 0 spiro atoms. The van der Waals surface area contributed by atoms with E-state index < -0.39 is 6.10 Å². The van der Waals surface area contributed by atoms with E-state index in [1.54, 1.807) is 18.7 Å². The van der Waals surface area contributed by atoms with Gasteiger partial charge in [-0.15, -0.1) is 11.8 Å². The molecule has 0 heterocycles. The van der Waals surface area contributed by atoms with Crippen LogP contribution in [0.25, 0.3) is 0 Å². The van der Waals surface area contributed by atoms with Gasteiger partial charge in [0.1, 0.15) is 0 Å². The van der Waals surface area contributed by atoms with Gasteiger partial charge in [-0.2, -0.15) is 0 Å². The zero-order chi connectivity index (χ0) is 10.6. The molecule has 1 nitrogen and oxygen atoms in total. The molecule has 0 bridgehead atoms. The van der Waals surface area contributed by atoms with Gasteiger partial charge in [-0.3, -0.25) is 0 Å². The van der Waals surface area contributed by atoms with Crippen LogP contribution in [0.3, 0.4) is 0 Å². The molecule has 0 fully saturated rings. The third kappa shape index (κ3) is 3.19. The summed E-state index contributed by atoms with van der Waals surface area (Å²) in [6.07, 6.45) is 0.660. The summed E-state index contributed by atoms with van der Waals surface area (Å²) >= 11 is 7.82. The number of rotatable bonds is 4. The number of thioether (sulfide) groups is 1. The molecule has 78 valence electrons. The molecule has 1 rings (SSSR count). The van der Waals surface area contributed by atoms with Crippen LogP contribution in [0.1, 0.15) is 31.9 Å². The summed E-state index contributed by atoms with van der Waals surface area (Å²) in [6.45, 7) is 3.87. The van der Waals surface area contributed by atoms with Crippen LogP contribution in [0, 0.1) is 0 Å². The third-order valence-corrected chi connectivity index (χ3v) is 3.42. The molecule has 0 saturated heterocycles. The first kappa shape index (κ1) is 11.9. The summed E-state index contributed by atoms with van der Waals surface area (Å²) in [5.41, 5.74) is 0.799. The van der Waals surface area contributed by atoms with Crippen molar-refractivity contribution < 1.29 is 5.11 Å². The van der Waals surface area contributed by atoms with Crippen LogP contribution < -0.4 is 0 Å². The average molecular weight is 231 g/mol. The van der Waals surface area contributed by atoms with Gasteiger partial charge in [-0.25, -0.2) is 0 Å². The van der Waals surface area contributed by atoms with Crippen molar-refractivity contribution in [2.75, 3.05) is 5.75 Å². The van der Waals surface area contributed by atoms with Crippen LogP contribution in [-0.2, 0) is 0 Å². The van der Waals surface area contributed by atoms with E-state index in [9.17, 15) is 5.11 Å². The third-order valence-electron chi connectivity index (χ3n) is 1.89. The van der Waals surface area contributed by atoms with Crippen LogP contribution >= 0.6 is 23.4 Å². The van der Waals surface area contributed by atoms with Crippen LogP contribution in [0.2, 0.25) is 5.02 Å². The minimum Gasteiger partial charge on any atom is -0.389 e. The molecule has 14 heavy (non-hydrogen) atoms. The van der Waals surface area contributed by atoms with Gasteiger partial charge in [0.2, 0.25) is 0 Å². The molecular formula is C11H15ClOS. The summed E-state index contributed by atoms with van der Waals surface area (Å²) in [7, 11) is 0. The van der Waals surface area contributed by atoms with Crippen molar-refractivity contribution >= 4 is 23.4 Å². The highest BCUT2D eigenvalue weighted by atomic mass is 35.5. The largest absolute Gasteiger partial charge is 0.389 e. The number of halogens is 1. The Balaban J connectivity index is 2.78. The molecule has 1 aromatic carbocycles. The lowest BCUT2D eigenvalue weighted by Crippen LogP contribution is -1.92. The molecule has 1 N–H and O–H groups in total. The maximum Gasteiger partial charge on any atom is 0.0776 e. The Kier molecular flexibility index (Phi) is 4.79. The second kappa shape index (κ2) is 5.64. The van der Waals surface area contributed by atoms with Crippen molar-refractivity contribution in [1.29, 1.82) is 0 Å². The molecular weight excluding hydrogens is 216 g/mol. The first-order chi connectivity index (χ1) is 6.65. The SMILES string of the molecule is CCCSc1ccc(C(C)O)c(Cl)c1. The lowest BCUT2D eigenvalue weighted by molar-refractivity contribution is 0.199. The number of hydrogen-bond donors (Lipinski definition) is 1. The van der Waals surface area contributed by atoms with Gasteiger partial charge in [0, 0.05) is 9.92 Å². The van der Waals surface area contributed by atoms with Crippen molar-refractivity contribution in [3.05, 3.63) is 28.8 Å². The number of aliphatic hydroxyl groups excluding tert-OH is 1. The maximum atomic E-state index is 9.38. The van der Waals surface area contributed by atoms with Gasteiger partial charge in [0.15, 0.2) is 0 Å². The number of aliphatic hydroxyl groups is 1. The zero-order valence-electron chi connectivity index (χ0n) is 8.46. The Morgan fingerprint density at radius 2 is 2.21 bits per heavy atom. The summed E-state index contributed by atoms with van der Waals surface area (Å²) in [6, 6.07) is 5.82. The van der Waals surface area contributed by atoms with Gasteiger partial charge in [-0.1, -0.05) is 24.6 Å². The predicted octanol–water partition coefficient (Wildman–Crippen LogP) is 3.90. The second-order valence-electron chi connectivity index (χ2n) is 3.21. The predicted molar refractivity (Wildman–Crippen MR) is 63.1 cm³/mol. The fourth-order valence-electron chi connectivity index (χ4n) is 1.16. The quantitative estimate of drug-likeness (QED) is 0.792. The highest BCUT2D eigenvalue weighted by Gasteiger charge is 2.06. The lowest BCUT2D eigenvalue weighted by Gasteiger charge is -2.08. The summed E-state index contributed by atoms with van der Waals surface area (Å²) < 4.78 is 0. The molecule has 0 aromatic heterocycles. The van der Waals surface area contributed by atoms with Gasteiger partial charge in [0.05, 0.1) is 6.10 Å². The Labute approximate surface area is 94.5 Å². The van der Waals surface area contributed by atoms with Crippen LogP contribution in [0.5, 0.6) is 0 Å². The Morgan fingerprint density at radius 3 is 2.71 bits per heavy atom. The van der Waals surface area contributed by atoms with Crippen molar-refractivity contribution in [3.63, 3.8) is 0 Å². The smallest absolute Gasteiger partial charge is 0.0776 e. The second-order valence-corrected chi connectivity index (χ2v) is 4.78.